The Hall–Kier alpha value is -3.24. The number of rotatable bonds is 8. The van der Waals surface area contributed by atoms with Gasteiger partial charge in [-0.3, -0.25) is 14.4 Å². The third kappa shape index (κ3) is 7.78. The highest BCUT2D eigenvalue weighted by Crippen LogP contribution is 2.15. The molecule has 3 rings (SSSR count). The quantitative estimate of drug-likeness (QED) is 0.290. The van der Waals surface area contributed by atoms with Gasteiger partial charge >= 0.3 is 11.8 Å². The van der Waals surface area contributed by atoms with E-state index >= 15 is 0 Å². The average molecular weight is 503 g/mol. The monoisotopic (exact) mass is 502 g/mol. The summed E-state index contributed by atoms with van der Waals surface area (Å²) in [4.78, 5) is 35.5. The molecule has 1 aliphatic heterocycles. The molecule has 0 unspecified atom stereocenters. The number of hydrogen-bond acceptors (Lipinski definition) is 6. The van der Waals surface area contributed by atoms with Gasteiger partial charge in [0.1, 0.15) is 5.75 Å². The van der Waals surface area contributed by atoms with Gasteiger partial charge in [0.2, 0.25) is 0 Å². The van der Waals surface area contributed by atoms with Crippen molar-refractivity contribution in [2.24, 2.45) is 5.10 Å². The van der Waals surface area contributed by atoms with Crippen LogP contribution in [0.15, 0.2) is 58.1 Å². The van der Waals surface area contributed by atoms with Gasteiger partial charge in [-0.05, 0) is 66.9 Å². The van der Waals surface area contributed by atoms with Gasteiger partial charge in [-0.25, -0.2) is 5.43 Å². The molecule has 0 aromatic heterocycles. The van der Waals surface area contributed by atoms with E-state index in [4.69, 9.17) is 9.47 Å². The summed E-state index contributed by atoms with van der Waals surface area (Å²) in [5.41, 5.74) is 3.53. The van der Waals surface area contributed by atoms with Crippen molar-refractivity contribution in [3.8, 4) is 5.75 Å². The molecule has 10 heteroatoms. The van der Waals surface area contributed by atoms with Crippen molar-refractivity contribution in [2.45, 2.75) is 18.9 Å². The summed E-state index contributed by atoms with van der Waals surface area (Å²) in [7, 11) is 0. The lowest BCUT2D eigenvalue weighted by Crippen LogP contribution is -2.41. The molecule has 1 heterocycles. The number of nitrogens with zero attached hydrogens (tertiary/aromatic N) is 1. The first-order chi connectivity index (χ1) is 15.5. The first kappa shape index (κ1) is 23.4. The Morgan fingerprint density at radius 3 is 2.53 bits per heavy atom. The molecule has 2 aromatic carbocycles. The molecule has 2 aromatic rings. The molecule has 1 aliphatic rings. The maximum absolute atomic E-state index is 12.0. The zero-order chi connectivity index (χ0) is 22.8. The summed E-state index contributed by atoms with van der Waals surface area (Å²) < 4.78 is 11.8. The largest absolute Gasteiger partial charge is 0.484 e. The highest BCUT2D eigenvalue weighted by atomic mass is 79.9. The fraction of sp³-hybridized carbons (Fsp3) is 0.273. The van der Waals surface area contributed by atoms with Crippen LogP contribution in [0.25, 0.3) is 0 Å². The molecule has 9 nitrogen and oxygen atoms in total. The van der Waals surface area contributed by atoms with E-state index < -0.39 is 11.8 Å². The Morgan fingerprint density at radius 1 is 1.09 bits per heavy atom. The Bertz CT molecular complexity index is 957. The van der Waals surface area contributed by atoms with Crippen molar-refractivity contribution >= 4 is 45.6 Å². The topological polar surface area (TPSA) is 118 Å². The molecule has 0 aliphatic carbocycles. The number of carbonyl (C=O) groups is 3. The van der Waals surface area contributed by atoms with Gasteiger partial charge in [-0.2, -0.15) is 5.10 Å². The van der Waals surface area contributed by atoms with Gasteiger partial charge in [0.15, 0.2) is 6.61 Å². The highest BCUT2D eigenvalue weighted by Gasteiger charge is 2.18. The normalized spacial score (nSPS) is 15.3. The fourth-order valence-corrected chi connectivity index (χ4v) is 3.10. The van der Waals surface area contributed by atoms with E-state index in [-0.39, 0.29) is 18.6 Å². The number of nitrogens with one attached hydrogen (secondary N) is 3. The molecule has 0 radical (unpaired) electrons. The van der Waals surface area contributed by atoms with Gasteiger partial charge in [-0.15, -0.1) is 0 Å². The summed E-state index contributed by atoms with van der Waals surface area (Å²) in [6.07, 6.45) is 3.19. The first-order valence-electron chi connectivity index (χ1n) is 10.0. The van der Waals surface area contributed by atoms with E-state index in [0.717, 1.165) is 17.3 Å². The Balaban J connectivity index is 1.37. The third-order valence-electron chi connectivity index (χ3n) is 4.48. The Labute approximate surface area is 193 Å². The summed E-state index contributed by atoms with van der Waals surface area (Å²) >= 11 is 3.34. The van der Waals surface area contributed by atoms with Crippen LogP contribution in [0, 0.1) is 0 Å². The number of amides is 3. The van der Waals surface area contributed by atoms with Gasteiger partial charge in [-0.1, -0.05) is 15.9 Å². The molecule has 0 bridgehead atoms. The summed E-state index contributed by atoms with van der Waals surface area (Å²) in [6, 6.07) is 14.0. The summed E-state index contributed by atoms with van der Waals surface area (Å²) in [5.74, 6) is -1.39. The van der Waals surface area contributed by atoms with Crippen molar-refractivity contribution in [1.82, 2.24) is 10.7 Å². The molecule has 3 N–H and O–H groups in total. The van der Waals surface area contributed by atoms with E-state index in [1.807, 2.05) is 12.1 Å². The number of carbonyl (C=O) groups excluding carboxylic acids is 3. The molecule has 32 heavy (non-hydrogen) atoms. The van der Waals surface area contributed by atoms with Crippen LogP contribution >= 0.6 is 15.9 Å². The third-order valence-corrected chi connectivity index (χ3v) is 5.01. The molecule has 0 saturated carbocycles. The van der Waals surface area contributed by atoms with Crippen molar-refractivity contribution in [3.63, 3.8) is 0 Å². The predicted molar refractivity (Wildman–Crippen MR) is 122 cm³/mol. The number of hydrazone groups is 1. The van der Waals surface area contributed by atoms with Crippen LogP contribution in [0.3, 0.4) is 0 Å². The predicted octanol–water partition coefficient (Wildman–Crippen LogP) is 2.21. The van der Waals surface area contributed by atoms with Crippen LogP contribution < -0.4 is 20.8 Å². The molecule has 1 fully saturated rings. The molecule has 0 spiro atoms. The SMILES string of the molecule is O=C(COc1ccc(/C=N\NC(=O)C(=O)NC[C@@H]2CCCO2)cc1)Nc1ccc(Br)cc1. The van der Waals surface area contributed by atoms with Gasteiger partial charge < -0.3 is 20.1 Å². The minimum absolute atomic E-state index is 0.0390. The second-order valence-corrected chi connectivity index (χ2v) is 7.87. The van der Waals surface area contributed by atoms with E-state index in [9.17, 15) is 14.4 Å². The number of hydrogen-bond donors (Lipinski definition) is 3. The highest BCUT2D eigenvalue weighted by molar-refractivity contribution is 9.10. The summed E-state index contributed by atoms with van der Waals surface area (Å²) in [6.45, 7) is 0.846. The minimum atomic E-state index is -0.851. The maximum atomic E-state index is 12.0. The van der Waals surface area contributed by atoms with E-state index in [2.05, 4.69) is 37.1 Å². The molecule has 3 amide bonds. The van der Waals surface area contributed by atoms with Crippen LogP contribution in [0.4, 0.5) is 5.69 Å². The van der Waals surface area contributed by atoms with Crippen molar-refractivity contribution in [1.29, 1.82) is 0 Å². The zero-order valence-electron chi connectivity index (χ0n) is 17.2. The average Bonchev–Trinajstić information content (AvgIpc) is 3.32. The zero-order valence-corrected chi connectivity index (χ0v) is 18.8. The lowest BCUT2D eigenvalue weighted by molar-refractivity contribution is -0.139. The molecular weight excluding hydrogens is 480 g/mol. The smallest absolute Gasteiger partial charge is 0.329 e. The van der Waals surface area contributed by atoms with E-state index in [1.165, 1.54) is 6.21 Å². The van der Waals surface area contributed by atoms with E-state index in [1.54, 1.807) is 36.4 Å². The van der Waals surface area contributed by atoms with E-state index in [0.29, 0.717) is 30.2 Å². The maximum Gasteiger partial charge on any atom is 0.329 e. The van der Waals surface area contributed by atoms with Gasteiger partial charge in [0.25, 0.3) is 5.91 Å². The van der Waals surface area contributed by atoms with Gasteiger partial charge in [0.05, 0.1) is 12.3 Å². The summed E-state index contributed by atoms with van der Waals surface area (Å²) in [5, 5.41) is 9.03. The van der Waals surface area contributed by atoms with Crippen molar-refractivity contribution < 1.29 is 23.9 Å². The Morgan fingerprint density at radius 2 is 1.84 bits per heavy atom. The second-order valence-electron chi connectivity index (χ2n) is 6.96. The van der Waals surface area contributed by atoms with Crippen LogP contribution in [-0.2, 0) is 19.1 Å². The minimum Gasteiger partial charge on any atom is -0.484 e. The lowest BCUT2D eigenvalue weighted by atomic mass is 10.2. The van der Waals surface area contributed by atoms with Crippen LogP contribution in [0.1, 0.15) is 18.4 Å². The number of halogens is 1. The first-order valence-corrected chi connectivity index (χ1v) is 10.8. The number of ether oxygens (including phenoxy) is 2. The van der Waals surface area contributed by atoms with Crippen LogP contribution in [-0.4, -0.2) is 49.8 Å². The van der Waals surface area contributed by atoms with Gasteiger partial charge in [0, 0.05) is 23.3 Å². The molecular formula is C22H23BrN4O5. The molecule has 1 atom stereocenters. The Kier molecular flexibility index (Phi) is 8.76. The lowest BCUT2D eigenvalue weighted by Gasteiger charge is -2.09. The molecule has 1 saturated heterocycles. The van der Waals surface area contributed by atoms with Crippen molar-refractivity contribution in [3.05, 3.63) is 58.6 Å². The standard InChI is InChI=1S/C22H23BrN4O5/c23-16-5-7-17(8-6-16)26-20(28)14-32-18-9-3-15(4-10-18)12-25-27-22(30)21(29)24-13-19-2-1-11-31-19/h3-10,12,19H,1-2,11,13-14H2,(H,24,29)(H,26,28)(H,27,30)/b25-12-/t19-/m0/s1. The fourth-order valence-electron chi connectivity index (χ4n) is 2.84. The van der Waals surface area contributed by atoms with Crippen LogP contribution in [0.2, 0.25) is 0 Å². The second kappa shape index (κ2) is 12.0. The van der Waals surface area contributed by atoms with Crippen molar-refractivity contribution in [2.75, 3.05) is 25.1 Å². The molecule has 168 valence electrons. The van der Waals surface area contributed by atoms with Crippen LogP contribution in [0.5, 0.6) is 5.75 Å². The number of anilines is 1. The number of benzene rings is 2.